The highest BCUT2D eigenvalue weighted by atomic mass is 79.9. The van der Waals surface area contributed by atoms with Crippen molar-refractivity contribution in [2.24, 2.45) is 0 Å². The third kappa shape index (κ3) is 2.18. The van der Waals surface area contributed by atoms with E-state index < -0.39 is 0 Å². The van der Waals surface area contributed by atoms with Crippen molar-refractivity contribution in [1.82, 2.24) is 14.0 Å². The highest BCUT2D eigenvalue weighted by Crippen LogP contribution is 2.26. The zero-order valence-electron chi connectivity index (χ0n) is 12.8. The fraction of sp³-hybridized carbons (Fsp3) is 0.222. The van der Waals surface area contributed by atoms with Gasteiger partial charge in [0.1, 0.15) is 16.8 Å². The Morgan fingerprint density at radius 2 is 2.04 bits per heavy atom. The van der Waals surface area contributed by atoms with Crippen LogP contribution in [0.25, 0.3) is 27.6 Å². The Hall–Kier alpha value is -2.14. The molecule has 0 bridgehead atoms. The lowest BCUT2D eigenvalue weighted by Gasteiger charge is -2.10. The zero-order chi connectivity index (χ0) is 16.0. The second-order valence-corrected chi connectivity index (χ2v) is 6.63. The van der Waals surface area contributed by atoms with E-state index in [1.54, 1.807) is 0 Å². The number of aryl methyl sites for hydroxylation is 1. The zero-order valence-corrected chi connectivity index (χ0v) is 14.4. The Balaban J connectivity index is 2.24. The maximum Gasteiger partial charge on any atom is 0.260 e. The topological polar surface area (TPSA) is 39.3 Å². The van der Waals surface area contributed by atoms with E-state index in [-0.39, 0.29) is 5.56 Å². The summed E-state index contributed by atoms with van der Waals surface area (Å²) < 4.78 is 4.79. The molecule has 0 saturated heterocycles. The fourth-order valence-electron chi connectivity index (χ4n) is 3.09. The molecule has 0 saturated carbocycles. The van der Waals surface area contributed by atoms with Gasteiger partial charge in [0.2, 0.25) is 0 Å². The van der Waals surface area contributed by atoms with E-state index in [1.807, 2.05) is 51.6 Å². The molecule has 5 heteroatoms. The summed E-state index contributed by atoms with van der Waals surface area (Å²) in [7, 11) is 0. The summed E-state index contributed by atoms with van der Waals surface area (Å²) in [5.74, 6) is 0. The molecule has 1 aromatic carbocycles. The van der Waals surface area contributed by atoms with Gasteiger partial charge in [-0.05, 0) is 30.7 Å². The SMILES string of the molecule is CCCCn1c(=O)c2cc(Br)ccc2c2nc3ccccn3c21. The van der Waals surface area contributed by atoms with Gasteiger partial charge in [0, 0.05) is 22.6 Å². The molecule has 4 rings (SSSR count). The van der Waals surface area contributed by atoms with E-state index in [2.05, 4.69) is 22.9 Å². The quantitative estimate of drug-likeness (QED) is 0.537. The molecule has 0 spiro atoms. The average molecular weight is 370 g/mol. The fourth-order valence-corrected chi connectivity index (χ4v) is 3.45. The van der Waals surface area contributed by atoms with Gasteiger partial charge in [0.25, 0.3) is 5.56 Å². The number of hydrogen-bond acceptors (Lipinski definition) is 2. The number of unbranched alkanes of at least 4 members (excludes halogenated alkanes) is 1. The van der Waals surface area contributed by atoms with Crippen molar-refractivity contribution in [1.29, 1.82) is 0 Å². The molecule has 3 aromatic heterocycles. The highest BCUT2D eigenvalue weighted by Gasteiger charge is 2.16. The summed E-state index contributed by atoms with van der Waals surface area (Å²) in [5.41, 5.74) is 2.68. The van der Waals surface area contributed by atoms with E-state index in [4.69, 9.17) is 4.98 Å². The molecule has 0 unspecified atom stereocenters. The lowest BCUT2D eigenvalue weighted by molar-refractivity contribution is 0.629. The first-order chi connectivity index (χ1) is 11.2. The van der Waals surface area contributed by atoms with E-state index in [0.29, 0.717) is 11.9 Å². The van der Waals surface area contributed by atoms with Crippen LogP contribution in [0.5, 0.6) is 0 Å². The number of hydrogen-bond donors (Lipinski definition) is 0. The van der Waals surface area contributed by atoms with Crippen LogP contribution >= 0.6 is 15.9 Å². The smallest absolute Gasteiger partial charge is 0.260 e. The van der Waals surface area contributed by atoms with Crippen LogP contribution in [0.2, 0.25) is 0 Å². The van der Waals surface area contributed by atoms with Crippen LogP contribution < -0.4 is 5.56 Å². The predicted molar refractivity (Wildman–Crippen MR) is 97.1 cm³/mol. The number of imidazole rings is 1. The summed E-state index contributed by atoms with van der Waals surface area (Å²) in [5, 5.41) is 1.62. The van der Waals surface area contributed by atoms with Crippen LogP contribution in [0.15, 0.2) is 51.9 Å². The standard InChI is InChI=1S/C18H16BrN3O/c1-2-3-9-22-17-16(20-15-6-4-5-10-21(15)17)13-8-7-12(19)11-14(13)18(22)23/h4-8,10-11H,2-3,9H2,1H3. The minimum absolute atomic E-state index is 0.0490. The van der Waals surface area contributed by atoms with Crippen LogP contribution in [-0.4, -0.2) is 14.0 Å². The van der Waals surface area contributed by atoms with Crippen molar-refractivity contribution in [3.8, 4) is 0 Å². The van der Waals surface area contributed by atoms with Gasteiger partial charge in [0.05, 0.1) is 5.39 Å². The van der Waals surface area contributed by atoms with Crippen molar-refractivity contribution in [3.05, 3.63) is 57.4 Å². The highest BCUT2D eigenvalue weighted by molar-refractivity contribution is 9.10. The summed E-state index contributed by atoms with van der Waals surface area (Å²) in [6.45, 7) is 2.84. The van der Waals surface area contributed by atoms with Crippen LogP contribution in [-0.2, 0) is 6.54 Å². The van der Waals surface area contributed by atoms with Gasteiger partial charge >= 0.3 is 0 Å². The number of aromatic nitrogens is 3. The first-order valence-electron chi connectivity index (χ1n) is 7.79. The van der Waals surface area contributed by atoms with Gasteiger partial charge in [0.15, 0.2) is 0 Å². The molecule has 4 nitrogen and oxygen atoms in total. The van der Waals surface area contributed by atoms with Gasteiger partial charge in [-0.2, -0.15) is 0 Å². The Bertz CT molecular complexity index is 1090. The van der Waals surface area contributed by atoms with Gasteiger partial charge in [-0.15, -0.1) is 0 Å². The predicted octanol–water partition coefficient (Wildman–Crippen LogP) is 4.37. The first kappa shape index (κ1) is 14.5. The van der Waals surface area contributed by atoms with Crippen molar-refractivity contribution >= 4 is 43.5 Å². The second-order valence-electron chi connectivity index (χ2n) is 5.71. The molecule has 4 aromatic rings. The Morgan fingerprint density at radius 3 is 2.87 bits per heavy atom. The van der Waals surface area contributed by atoms with Crippen LogP contribution in [0.1, 0.15) is 19.8 Å². The Morgan fingerprint density at radius 1 is 1.17 bits per heavy atom. The summed E-state index contributed by atoms with van der Waals surface area (Å²) in [4.78, 5) is 17.8. The number of nitrogens with zero attached hydrogens (tertiary/aromatic N) is 3. The third-order valence-electron chi connectivity index (χ3n) is 4.21. The molecule has 0 radical (unpaired) electrons. The van der Waals surface area contributed by atoms with Crippen molar-refractivity contribution in [2.45, 2.75) is 26.3 Å². The maximum atomic E-state index is 13.0. The van der Waals surface area contributed by atoms with Crippen LogP contribution in [0, 0.1) is 0 Å². The average Bonchev–Trinajstić information content (AvgIpc) is 2.94. The van der Waals surface area contributed by atoms with Crippen molar-refractivity contribution in [2.75, 3.05) is 0 Å². The molecule has 0 atom stereocenters. The van der Waals surface area contributed by atoms with Crippen LogP contribution in [0.4, 0.5) is 0 Å². The van der Waals surface area contributed by atoms with Gasteiger partial charge < -0.3 is 0 Å². The second kappa shape index (κ2) is 5.49. The molecule has 0 fully saturated rings. The largest absolute Gasteiger partial charge is 0.292 e. The Labute approximate surface area is 141 Å². The normalized spacial score (nSPS) is 11.7. The summed E-state index contributed by atoms with van der Waals surface area (Å²) in [6, 6.07) is 11.7. The third-order valence-corrected chi connectivity index (χ3v) is 4.70. The molecule has 0 aliphatic carbocycles. The number of pyridine rings is 2. The van der Waals surface area contributed by atoms with Gasteiger partial charge in [-0.1, -0.05) is 41.4 Å². The molecule has 0 aliphatic heterocycles. The van der Waals surface area contributed by atoms with Gasteiger partial charge in [-0.25, -0.2) is 4.98 Å². The van der Waals surface area contributed by atoms with E-state index in [9.17, 15) is 4.79 Å². The summed E-state index contributed by atoms with van der Waals surface area (Å²) >= 11 is 3.47. The van der Waals surface area contributed by atoms with Gasteiger partial charge in [-0.3, -0.25) is 13.8 Å². The summed E-state index contributed by atoms with van der Waals surface area (Å²) in [6.07, 6.45) is 3.98. The van der Waals surface area contributed by atoms with Crippen molar-refractivity contribution < 1.29 is 0 Å². The Kier molecular flexibility index (Phi) is 3.45. The molecular formula is C18H16BrN3O. The number of benzene rings is 1. The minimum Gasteiger partial charge on any atom is -0.292 e. The molecule has 0 N–H and O–H groups in total. The number of rotatable bonds is 3. The molecule has 3 heterocycles. The monoisotopic (exact) mass is 369 g/mol. The van der Waals surface area contributed by atoms with E-state index in [1.165, 1.54) is 0 Å². The lowest BCUT2D eigenvalue weighted by atomic mass is 10.1. The molecule has 0 amide bonds. The van der Waals surface area contributed by atoms with E-state index in [0.717, 1.165) is 39.5 Å². The molecule has 0 aliphatic rings. The van der Waals surface area contributed by atoms with E-state index >= 15 is 0 Å². The first-order valence-corrected chi connectivity index (χ1v) is 8.59. The maximum absolute atomic E-state index is 13.0. The van der Waals surface area contributed by atoms with Crippen molar-refractivity contribution in [3.63, 3.8) is 0 Å². The molecule has 23 heavy (non-hydrogen) atoms. The number of fused-ring (bicyclic) bond motifs is 5. The minimum atomic E-state index is 0.0490. The molecule has 116 valence electrons. The van der Waals surface area contributed by atoms with Crippen LogP contribution in [0.3, 0.4) is 0 Å². The lowest BCUT2D eigenvalue weighted by Crippen LogP contribution is -2.21. The number of halogens is 1. The molecular weight excluding hydrogens is 354 g/mol.